The second kappa shape index (κ2) is 6.01. The first-order valence-electron chi connectivity index (χ1n) is 5.27. The van der Waals surface area contributed by atoms with E-state index in [1.165, 1.54) is 23.5 Å². The van der Waals surface area contributed by atoms with Crippen LogP contribution >= 0.6 is 22.9 Å². The average Bonchev–Trinajstić information content (AvgIpc) is 2.87. The molecule has 0 atom stereocenters. The number of carbonyl (C=O) groups excluding carboxylic acids is 1. The van der Waals surface area contributed by atoms with Gasteiger partial charge in [-0.05, 0) is 23.6 Å². The molecular formula is C12H10ClFN2O2S. The molecule has 0 bridgehead atoms. The Hall–Kier alpha value is -1.63. The quantitative estimate of drug-likeness (QED) is 0.518. The standard InChI is InChI=1S/C12H10ClFN2O2S/c13-9-2-1-8(5-10(9)14)18-6-7-3-4-19-11(7)12(17)16-15/h1-5H,6,15H2,(H,16,17). The van der Waals surface area contributed by atoms with Crippen LogP contribution in [0.3, 0.4) is 0 Å². The normalized spacial score (nSPS) is 10.3. The number of hydrazine groups is 1. The molecule has 0 spiro atoms. The number of carbonyl (C=O) groups is 1. The molecule has 1 amide bonds. The fraction of sp³-hybridized carbons (Fsp3) is 0.0833. The number of rotatable bonds is 4. The summed E-state index contributed by atoms with van der Waals surface area (Å²) >= 11 is 6.83. The van der Waals surface area contributed by atoms with Gasteiger partial charge < -0.3 is 4.74 Å². The van der Waals surface area contributed by atoms with E-state index in [1.807, 2.05) is 0 Å². The van der Waals surface area contributed by atoms with E-state index >= 15 is 0 Å². The Morgan fingerprint density at radius 2 is 2.26 bits per heavy atom. The second-order valence-electron chi connectivity index (χ2n) is 3.61. The molecule has 3 N–H and O–H groups in total. The number of nitrogens with one attached hydrogen (secondary N) is 1. The van der Waals surface area contributed by atoms with Gasteiger partial charge in [-0.15, -0.1) is 11.3 Å². The van der Waals surface area contributed by atoms with Crippen molar-refractivity contribution in [3.05, 3.63) is 50.9 Å². The lowest BCUT2D eigenvalue weighted by atomic mass is 10.2. The van der Waals surface area contributed by atoms with E-state index in [1.54, 1.807) is 17.5 Å². The van der Waals surface area contributed by atoms with Crippen molar-refractivity contribution >= 4 is 28.8 Å². The summed E-state index contributed by atoms with van der Waals surface area (Å²) in [7, 11) is 0. The number of amides is 1. The number of ether oxygens (including phenoxy) is 1. The summed E-state index contributed by atoms with van der Waals surface area (Å²) < 4.78 is 18.6. The molecule has 1 aromatic heterocycles. The summed E-state index contributed by atoms with van der Waals surface area (Å²) in [5.74, 6) is 4.49. The minimum absolute atomic E-state index is 0.0334. The maximum Gasteiger partial charge on any atom is 0.275 e. The highest BCUT2D eigenvalue weighted by Gasteiger charge is 2.12. The van der Waals surface area contributed by atoms with Crippen LogP contribution in [0.15, 0.2) is 29.6 Å². The predicted molar refractivity (Wildman–Crippen MR) is 71.7 cm³/mol. The lowest BCUT2D eigenvalue weighted by Gasteiger charge is -2.07. The maximum atomic E-state index is 13.2. The number of thiophene rings is 1. The summed E-state index contributed by atoms with van der Waals surface area (Å²) in [5.41, 5.74) is 2.74. The van der Waals surface area contributed by atoms with Crippen LogP contribution in [-0.4, -0.2) is 5.91 Å². The molecule has 0 saturated carbocycles. The lowest BCUT2D eigenvalue weighted by molar-refractivity contribution is 0.0955. The Bertz CT molecular complexity index is 603. The molecule has 2 aromatic rings. The number of nitrogen functional groups attached to an aromatic ring is 1. The molecule has 4 nitrogen and oxygen atoms in total. The average molecular weight is 301 g/mol. The molecule has 19 heavy (non-hydrogen) atoms. The van der Waals surface area contributed by atoms with Gasteiger partial charge in [0.15, 0.2) is 0 Å². The second-order valence-corrected chi connectivity index (χ2v) is 4.94. The van der Waals surface area contributed by atoms with Crippen LogP contribution in [0.5, 0.6) is 5.75 Å². The molecule has 1 heterocycles. The van der Waals surface area contributed by atoms with E-state index in [2.05, 4.69) is 5.43 Å². The summed E-state index contributed by atoms with van der Waals surface area (Å²) in [6, 6.07) is 5.91. The van der Waals surface area contributed by atoms with Crippen LogP contribution in [0, 0.1) is 5.82 Å². The Kier molecular flexibility index (Phi) is 4.36. The summed E-state index contributed by atoms with van der Waals surface area (Å²) in [6.07, 6.45) is 0. The predicted octanol–water partition coefficient (Wildman–Crippen LogP) is 2.72. The molecular weight excluding hydrogens is 291 g/mol. The third-order valence-electron chi connectivity index (χ3n) is 2.37. The fourth-order valence-electron chi connectivity index (χ4n) is 1.44. The van der Waals surface area contributed by atoms with Crippen LogP contribution in [-0.2, 0) is 6.61 Å². The topological polar surface area (TPSA) is 64.3 Å². The molecule has 0 saturated heterocycles. The third-order valence-corrected chi connectivity index (χ3v) is 3.63. The van der Waals surface area contributed by atoms with Crippen LogP contribution in [0.1, 0.15) is 15.2 Å². The van der Waals surface area contributed by atoms with Gasteiger partial charge in [0.2, 0.25) is 0 Å². The first-order chi connectivity index (χ1) is 9.11. The van der Waals surface area contributed by atoms with E-state index in [4.69, 9.17) is 22.2 Å². The van der Waals surface area contributed by atoms with Gasteiger partial charge in [-0.25, -0.2) is 10.2 Å². The molecule has 100 valence electrons. The Morgan fingerprint density at radius 1 is 1.47 bits per heavy atom. The van der Waals surface area contributed by atoms with Gasteiger partial charge in [0, 0.05) is 11.6 Å². The molecule has 0 unspecified atom stereocenters. The van der Waals surface area contributed by atoms with Gasteiger partial charge in [0.05, 0.1) is 9.90 Å². The first kappa shape index (κ1) is 13.8. The summed E-state index contributed by atoms with van der Waals surface area (Å²) in [4.78, 5) is 11.9. The van der Waals surface area contributed by atoms with Crippen LogP contribution in [0.2, 0.25) is 5.02 Å². The molecule has 0 radical (unpaired) electrons. The number of benzene rings is 1. The van der Waals surface area contributed by atoms with Crippen molar-refractivity contribution in [1.29, 1.82) is 0 Å². The highest BCUT2D eigenvalue weighted by Crippen LogP contribution is 2.23. The SMILES string of the molecule is NNC(=O)c1sccc1COc1ccc(Cl)c(F)c1. The van der Waals surface area contributed by atoms with Gasteiger partial charge in [-0.1, -0.05) is 11.6 Å². The lowest BCUT2D eigenvalue weighted by Crippen LogP contribution is -2.30. The van der Waals surface area contributed by atoms with Gasteiger partial charge in [0.1, 0.15) is 18.2 Å². The number of hydrogen-bond donors (Lipinski definition) is 2. The van der Waals surface area contributed by atoms with Gasteiger partial charge in [-0.3, -0.25) is 10.2 Å². The Morgan fingerprint density at radius 3 is 2.95 bits per heavy atom. The zero-order valence-electron chi connectivity index (χ0n) is 9.65. The third kappa shape index (κ3) is 3.23. The molecule has 0 aliphatic heterocycles. The van der Waals surface area contributed by atoms with Crippen molar-refractivity contribution < 1.29 is 13.9 Å². The smallest absolute Gasteiger partial charge is 0.275 e. The zero-order chi connectivity index (χ0) is 13.8. The fourth-order valence-corrected chi connectivity index (χ4v) is 2.37. The van der Waals surface area contributed by atoms with E-state index in [0.717, 1.165) is 0 Å². The van der Waals surface area contributed by atoms with Crippen molar-refractivity contribution in [2.75, 3.05) is 0 Å². The van der Waals surface area contributed by atoms with Crippen molar-refractivity contribution in [3.8, 4) is 5.75 Å². The molecule has 7 heteroatoms. The summed E-state index contributed by atoms with van der Waals surface area (Å²) in [6.45, 7) is 0.146. The van der Waals surface area contributed by atoms with E-state index < -0.39 is 5.82 Å². The van der Waals surface area contributed by atoms with Crippen molar-refractivity contribution in [3.63, 3.8) is 0 Å². The van der Waals surface area contributed by atoms with Crippen LogP contribution < -0.4 is 16.0 Å². The summed E-state index contributed by atoms with van der Waals surface area (Å²) in [5, 5.41) is 1.79. The van der Waals surface area contributed by atoms with E-state index in [-0.39, 0.29) is 17.5 Å². The van der Waals surface area contributed by atoms with Crippen molar-refractivity contribution in [1.82, 2.24) is 5.43 Å². The molecule has 0 aliphatic carbocycles. The van der Waals surface area contributed by atoms with E-state index in [9.17, 15) is 9.18 Å². The molecule has 0 aliphatic rings. The number of halogens is 2. The largest absolute Gasteiger partial charge is 0.489 e. The van der Waals surface area contributed by atoms with Gasteiger partial charge in [-0.2, -0.15) is 0 Å². The minimum Gasteiger partial charge on any atom is -0.489 e. The Labute approximate surface area is 117 Å². The highest BCUT2D eigenvalue weighted by atomic mass is 35.5. The number of nitrogens with two attached hydrogens (primary N) is 1. The Balaban J connectivity index is 2.08. The minimum atomic E-state index is -0.551. The van der Waals surface area contributed by atoms with Crippen molar-refractivity contribution in [2.24, 2.45) is 5.84 Å². The van der Waals surface area contributed by atoms with Gasteiger partial charge in [0.25, 0.3) is 5.91 Å². The monoisotopic (exact) mass is 300 g/mol. The van der Waals surface area contributed by atoms with E-state index in [0.29, 0.717) is 16.2 Å². The zero-order valence-corrected chi connectivity index (χ0v) is 11.2. The van der Waals surface area contributed by atoms with Crippen molar-refractivity contribution in [2.45, 2.75) is 6.61 Å². The van der Waals surface area contributed by atoms with Crippen LogP contribution in [0.4, 0.5) is 4.39 Å². The number of hydrogen-bond acceptors (Lipinski definition) is 4. The van der Waals surface area contributed by atoms with Crippen LogP contribution in [0.25, 0.3) is 0 Å². The molecule has 2 rings (SSSR count). The molecule has 0 fully saturated rings. The maximum absolute atomic E-state index is 13.2. The highest BCUT2D eigenvalue weighted by molar-refractivity contribution is 7.12. The molecule has 1 aromatic carbocycles. The first-order valence-corrected chi connectivity index (χ1v) is 6.52. The van der Waals surface area contributed by atoms with Gasteiger partial charge >= 0.3 is 0 Å².